The molecule has 1 aliphatic carbocycles. The SMILES string of the molecule is O=C(NCC1CCC(C(=O)O)CC1)c1cc(-c2ccc(F)cc2)cc2nnn(Cc3ccc(-c4ccccc4)cc3)c12. The fraction of sp³-hybridized carbons (Fsp3) is 0.235. The molecule has 2 N–H and O–H groups in total. The molecule has 0 aliphatic heterocycles. The molecular formula is C34H31FN4O3. The molecule has 4 aromatic carbocycles. The summed E-state index contributed by atoms with van der Waals surface area (Å²) >= 11 is 0. The van der Waals surface area contributed by atoms with E-state index in [4.69, 9.17) is 0 Å². The van der Waals surface area contributed by atoms with Crippen LogP contribution in [0.1, 0.15) is 41.6 Å². The molecule has 1 saturated carbocycles. The van der Waals surface area contributed by atoms with Gasteiger partial charge in [-0.05, 0) is 83.7 Å². The van der Waals surface area contributed by atoms with E-state index in [1.54, 1.807) is 16.8 Å². The van der Waals surface area contributed by atoms with E-state index in [-0.39, 0.29) is 23.6 Å². The van der Waals surface area contributed by atoms with Crippen molar-refractivity contribution < 1.29 is 19.1 Å². The van der Waals surface area contributed by atoms with Crippen molar-refractivity contribution in [2.45, 2.75) is 32.2 Å². The number of fused-ring (bicyclic) bond motifs is 1. The molecule has 0 radical (unpaired) electrons. The zero-order chi connectivity index (χ0) is 29.1. The lowest BCUT2D eigenvalue weighted by Crippen LogP contribution is -2.32. The Morgan fingerprint density at radius 2 is 1.48 bits per heavy atom. The van der Waals surface area contributed by atoms with Gasteiger partial charge in [0, 0.05) is 6.54 Å². The third kappa shape index (κ3) is 5.93. The van der Waals surface area contributed by atoms with Crippen LogP contribution in [0.25, 0.3) is 33.3 Å². The summed E-state index contributed by atoms with van der Waals surface area (Å²) in [5, 5.41) is 21.2. The Bertz CT molecular complexity index is 1710. The Morgan fingerprint density at radius 1 is 0.833 bits per heavy atom. The molecule has 1 fully saturated rings. The van der Waals surface area contributed by atoms with Crippen LogP contribution >= 0.6 is 0 Å². The number of carbonyl (C=O) groups is 2. The zero-order valence-corrected chi connectivity index (χ0v) is 23.0. The number of nitrogens with zero attached hydrogens (tertiary/aromatic N) is 3. The Hall–Kier alpha value is -4.85. The number of hydrogen-bond acceptors (Lipinski definition) is 4. The molecule has 1 aromatic heterocycles. The minimum atomic E-state index is -0.743. The minimum absolute atomic E-state index is 0.228. The van der Waals surface area contributed by atoms with Crippen LogP contribution in [0.3, 0.4) is 0 Å². The predicted molar refractivity (Wildman–Crippen MR) is 159 cm³/mol. The molecule has 0 saturated heterocycles. The second-order valence-corrected chi connectivity index (χ2v) is 11.0. The summed E-state index contributed by atoms with van der Waals surface area (Å²) in [6.45, 7) is 0.900. The third-order valence-electron chi connectivity index (χ3n) is 8.17. The van der Waals surface area contributed by atoms with Crippen LogP contribution < -0.4 is 5.32 Å². The van der Waals surface area contributed by atoms with Crippen LogP contribution in [0.2, 0.25) is 0 Å². The van der Waals surface area contributed by atoms with Crippen LogP contribution in [0.4, 0.5) is 4.39 Å². The first-order valence-electron chi connectivity index (χ1n) is 14.2. The highest BCUT2D eigenvalue weighted by Gasteiger charge is 2.26. The van der Waals surface area contributed by atoms with E-state index in [0.29, 0.717) is 42.5 Å². The molecular weight excluding hydrogens is 531 g/mol. The number of hydrogen-bond donors (Lipinski definition) is 2. The van der Waals surface area contributed by atoms with Crippen LogP contribution in [0.5, 0.6) is 0 Å². The van der Waals surface area contributed by atoms with Crippen molar-refractivity contribution in [1.82, 2.24) is 20.3 Å². The molecule has 6 rings (SSSR count). The lowest BCUT2D eigenvalue weighted by atomic mass is 9.82. The van der Waals surface area contributed by atoms with E-state index in [1.807, 2.05) is 30.3 Å². The number of halogens is 1. The van der Waals surface area contributed by atoms with Gasteiger partial charge in [-0.1, -0.05) is 71.9 Å². The molecule has 0 atom stereocenters. The van der Waals surface area contributed by atoms with Gasteiger partial charge in [-0.3, -0.25) is 9.59 Å². The van der Waals surface area contributed by atoms with Gasteiger partial charge in [-0.2, -0.15) is 0 Å². The van der Waals surface area contributed by atoms with Crippen molar-refractivity contribution in [3.63, 3.8) is 0 Å². The summed E-state index contributed by atoms with van der Waals surface area (Å²) in [7, 11) is 0. The first-order chi connectivity index (χ1) is 20.4. The summed E-state index contributed by atoms with van der Waals surface area (Å²) < 4.78 is 15.4. The van der Waals surface area contributed by atoms with E-state index < -0.39 is 5.97 Å². The van der Waals surface area contributed by atoms with Crippen LogP contribution in [0.15, 0.2) is 91.0 Å². The van der Waals surface area contributed by atoms with Gasteiger partial charge in [0.1, 0.15) is 16.9 Å². The highest BCUT2D eigenvalue weighted by atomic mass is 19.1. The molecule has 8 heteroatoms. The van der Waals surface area contributed by atoms with Crippen molar-refractivity contribution in [3.8, 4) is 22.3 Å². The van der Waals surface area contributed by atoms with Crippen LogP contribution in [-0.4, -0.2) is 38.5 Å². The lowest BCUT2D eigenvalue weighted by Gasteiger charge is -2.26. The molecule has 0 spiro atoms. The molecule has 1 heterocycles. The largest absolute Gasteiger partial charge is 0.481 e. The second-order valence-electron chi connectivity index (χ2n) is 11.0. The zero-order valence-electron chi connectivity index (χ0n) is 23.0. The molecule has 212 valence electrons. The average molecular weight is 563 g/mol. The van der Waals surface area contributed by atoms with E-state index in [9.17, 15) is 19.1 Å². The van der Waals surface area contributed by atoms with Gasteiger partial charge < -0.3 is 10.4 Å². The Labute approximate surface area is 243 Å². The quantitative estimate of drug-likeness (QED) is 0.223. The number of amides is 1. The highest BCUT2D eigenvalue weighted by Crippen LogP contribution is 2.30. The highest BCUT2D eigenvalue weighted by molar-refractivity contribution is 6.06. The van der Waals surface area contributed by atoms with Crippen LogP contribution in [-0.2, 0) is 11.3 Å². The van der Waals surface area contributed by atoms with E-state index in [2.05, 4.69) is 52.0 Å². The van der Waals surface area contributed by atoms with Crippen molar-refractivity contribution in [3.05, 3.63) is 108 Å². The maximum Gasteiger partial charge on any atom is 0.306 e. The topological polar surface area (TPSA) is 97.1 Å². The Kier molecular flexibility index (Phi) is 7.77. The Morgan fingerprint density at radius 3 is 2.17 bits per heavy atom. The second kappa shape index (κ2) is 11.9. The van der Waals surface area contributed by atoms with Gasteiger partial charge in [0.2, 0.25) is 0 Å². The normalized spacial score (nSPS) is 16.8. The number of carboxylic acid groups (broad SMARTS) is 1. The molecule has 0 unspecified atom stereocenters. The smallest absolute Gasteiger partial charge is 0.306 e. The van der Waals surface area contributed by atoms with Crippen molar-refractivity contribution in [2.24, 2.45) is 11.8 Å². The molecule has 42 heavy (non-hydrogen) atoms. The standard InChI is InChI=1S/C34H31FN4O3/c35-29-16-14-26(15-17-29)28-18-30(33(40)36-20-22-6-12-27(13-7-22)34(41)42)32-31(19-28)37-38-39(32)21-23-8-10-25(11-9-23)24-4-2-1-3-5-24/h1-5,8-11,14-19,22,27H,6-7,12-13,20-21H2,(H,36,40)(H,41,42). The van der Waals surface area contributed by atoms with Gasteiger partial charge in [0.05, 0.1) is 18.0 Å². The molecule has 1 aliphatic rings. The molecule has 7 nitrogen and oxygen atoms in total. The molecule has 5 aromatic rings. The minimum Gasteiger partial charge on any atom is -0.481 e. The fourth-order valence-corrected chi connectivity index (χ4v) is 5.76. The monoisotopic (exact) mass is 562 g/mol. The summed E-state index contributed by atoms with van der Waals surface area (Å²) in [6.07, 6.45) is 2.78. The number of nitrogens with one attached hydrogen (secondary N) is 1. The number of benzene rings is 4. The number of aromatic nitrogens is 3. The van der Waals surface area contributed by atoms with Crippen molar-refractivity contribution >= 4 is 22.9 Å². The maximum atomic E-state index is 13.7. The van der Waals surface area contributed by atoms with Gasteiger partial charge in [0.15, 0.2) is 0 Å². The summed E-state index contributed by atoms with van der Waals surface area (Å²) in [5.41, 5.74) is 6.43. The average Bonchev–Trinajstić information content (AvgIpc) is 3.43. The van der Waals surface area contributed by atoms with Crippen molar-refractivity contribution in [1.29, 1.82) is 0 Å². The molecule has 0 bridgehead atoms. The van der Waals surface area contributed by atoms with E-state index in [0.717, 1.165) is 40.7 Å². The number of carbonyl (C=O) groups excluding carboxylic acids is 1. The predicted octanol–water partition coefficient (Wildman–Crippen LogP) is 6.57. The lowest BCUT2D eigenvalue weighted by molar-refractivity contribution is -0.143. The van der Waals surface area contributed by atoms with E-state index >= 15 is 0 Å². The third-order valence-corrected chi connectivity index (χ3v) is 8.17. The van der Waals surface area contributed by atoms with Crippen molar-refractivity contribution in [2.75, 3.05) is 6.54 Å². The molecule has 1 amide bonds. The van der Waals surface area contributed by atoms with E-state index in [1.165, 1.54) is 12.1 Å². The first kappa shape index (κ1) is 27.3. The summed E-state index contributed by atoms with van der Waals surface area (Å²) in [5.74, 6) is -1.39. The number of carboxylic acids is 1. The maximum absolute atomic E-state index is 13.7. The van der Waals surface area contributed by atoms with Gasteiger partial charge >= 0.3 is 5.97 Å². The van der Waals surface area contributed by atoms with Gasteiger partial charge in [0.25, 0.3) is 5.91 Å². The number of rotatable bonds is 8. The van der Waals surface area contributed by atoms with Crippen LogP contribution in [0, 0.1) is 17.7 Å². The summed E-state index contributed by atoms with van der Waals surface area (Å²) in [4.78, 5) is 25.0. The summed E-state index contributed by atoms with van der Waals surface area (Å²) in [6, 6.07) is 28.2. The number of aliphatic carboxylic acids is 1. The van der Waals surface area contributed by atoms with Gasteiger partial charge in [-0.15, -0.1) is 5.10 Å². The fourth-order valence-electron chi connectivity index (χ4n) is 5.76. The first-order valence-corrected chi connectivity index (χ1v) is 14.2. The Balaban J connectivity index is 1.28. The van der Waals surface area contributed by atoms with Gasteiger partial charge in [-0.25, -0.2) is 9.07 Å².